The van der Waals surface area contributed by atoms with Crippen molar-refractivity contribution in [1.29, 1.82) is 0 Å². The van der Waals surface area contributed by atoms with Crippen molar-refractivity contribution in [3.8, 4) is 11.5 Å². The third-order valence-corrected chi connectivity index (χ3v) is 3.15. The molecule has 0 heterocycles. The van der Waals surface area contributed by atoms with Crippen molar-refractivity contribution in [3.05, 3.63) is 42.0 Å². The van der Waals surface area contributed by atoms with E-state index in [0.29, 0.717) is 12.2 Å². The quantitative estimate of drug-likeness (QED) is 0.236. The molecule has 1 aromatic carbocycles. The van der Waals surface area contributed by atoms with Gasteiger partial charge in [0.25, 0.3) is 0 Å². The average Bonchev–Trinajstić information content (AvgIpc) is 2.47. The summed E-state index contributed by atoms with van der Waals surface area (Å²) >= 11 is 0. The predicted molar refractivity (Wildman–Crippen MR) is 87.7 cm³/mol. The second-order valence-corrected chi connectivity index (χ2v) is 5.37. The molecule has 2 N–H and O–H groups in total. The van der Waals surface area contributed by atoms with Crippen LogP contribution in [-0.4, -0.2) is 22.8 Å². The van der Waals surface area contributed by atoms with Gasteiger partial charge in [0.1, 0.15) is 0 Å². The molecule has 0 radical (unpaired) electrons. The largest absolute Gasteiger partial charge is 0.504 e. The number of aromatic hydroxyl groups is 2. The van der Waals surface area contributed by atoms with E-state index in [9.17, 15) is 15.0 Å². The first-order valence-corrected chi connectivity index (χ1v) is 7.50. The molecule has 0 unspecified atom stereocenters. The van der Waals surface area contributed by atoms with E-state index >= 15 is 0 Å². The van der Waals surface area contributed by atoms with Gasteiger partial charge in [-0.05, 0) is 50.0 Å². The summed E-state index contributed by atoms with van der Waals surface area (Å²) in [6, 6.07) is 4.34. The van der Waals surface area contributed by atoms with E-state index in [1.165, 1.54) is 29.9 Å². The summed E-state index contributed by atoms with van der Waals surface area (Å²) < 4.78 is 5.09. The van der Waals surface area contributed by atoms with Crippen LogP contribution in [0, 0.1) is 0 Å². The molecule has 0 fully saturated rings. The number of hydrogen-bond donors (Lipinski definition) is 2. The Balaban J connectivity index is 2.19. The Morgan fingerprint density at radius 3 is 2.59 bits per heavy atom. The van der Waals surface area contributed by atoms with E-state index < -0.39 is 5.97 Å². The molecule has 1 aromatic rings. The van der Waals surface area contributed by atoms with Crippen LogP contribution in [-0.2, 0) is 9.53 Å². The number of rotatable bonds is 9. The standard InChI is InChI=1S/C18H24O4/c1-14(2)7-5-3-4-6-12-22-18(21)11-9-15-8-10-16(19)17(20)13-15/h8-11,13,19-20H,1,3-7,12H2,2H3/b11-9+. The number of phenolic OH excluding ortho intramolecular Hbond substituents is 2. The fourth-order valence-corrected chi connectivity index (χ4v) is 1.91. The van der Waals surface area contributed by atoms with E-state index in [4.69, 9.17) is 4.74 Å². The van der Waals surface area contributed by atoms with Crippen molar-refractivity contribution < 1.29 is 19.7 Å². The monoisotopic (exact) mass is 304 g/mol. The van der Waals surface area contributed by atoms with Gasteiger partial charge in [-0.2, -0.15) is 0 Å². The maximum atomic E-state index is 11.5. The fraction of sp³-hybridized carbons (Fsp3) is 0.389. The van der Waals surface area contributed by atoms with E-state index in [1.807, 2.05) is 6.92 Å². The molecule has 22 heavy (non-hydrogen) atoms. The molecule has 0 aliphatic carbocycles. The van der Waals surface area contributed by atoms with Crippen LogP contribution in [0.1, 0.15) is 44.6 Å². The average molecular weight is 304 g/mol. The zero-order chi connectivity index (χ0) is 16.4. The number of benzene rings is 1. The summed E-state index contributed by atoms with van der Waals surface area (Å²) in [7, 11) is 0. The van der Waals surface area contributed by atoms with Crippen LogP contribution < -0.4 is 0 Å². The fourth-order valence-electron chi connectivity index (χ4n) is 1.91. The molecule has 0 saturated heterocycles. The van der Waals surface area contributed by atoms with Crippen LogP contribution in [0.3, 0.4) is 0 Å². The topological polar surface area (TPSA) is 66.8 Å². The van der Waals surface area contributed by atoms with E-state index in [1.54, 1.807) is 6.07 Å². The third kappa shape index (κ3) is 7.53. The molecule has 0 atom stereocenters. The first-order valence-electron chi connectivity index (χ1n) is 7.50. The number of carbonyl (C=O) groups excluding carboxylic acids is 1. The van der Waals surface area contributed by atoms with E-state index in [2.05, 4.69) is 6.58 Å². The number of phenols is 2. The minimum Gasteiger partial charge on any atom is -0.504 e. The van der Waals surface area contributed by atoms with Gasteiger partial charge in [-0.15, -0.1) is 6.58 Å². The van der Waals surface area contributed by atoms with Crippen LogP contribution in [0.2, 0.25) is 0 Å². The molecule has 0 amide bonds. The molecule has 0 aliphatic heterocycles. The van der Waals surface area contributed by atoms with Gasteiger partial charge in [-0.25, -0.2) is 4.79 Å². The molecule has 0 bridgehead atoms. The molecular formula is C18H24O4. The highest BCUT2D eigenvalue weighted by atomic mass is 16.5. The number of allylic oxidation sites excluding steroid dienone is 1. The van der Waals surface area contributed by atoms with Gasteiger partial charge >= 0.3 is 5.97 Å². The zero-order valence-electron chi connectivity index (χ0n) is 13.0. The highest BCUT2D eigenvalue weighted by Gasteiger charge is 2.00. The Morgan fingerprint density at radius 1 is 1.18 bits per heavy atom. The number of ether oxygens (including phenoxy) is 1. The third-order valence-electron chi connectivity index (χ3n) is 3.15. The number of esters is 1. The van der Waals surface area contributed by atoms with Crippen molar-refractivity contribution in [2.75, 3.05) is 6.61 Å². The molecule has 120 valence electrons. The maximum absolute atomic E-state index is 11.5. The summed E-state index contributed by atoms with van der Waals surface area (Å²) in [5, 5.41) is 18.5. The summed E-state index contributed by atoms with van der Waals surface area (Å²) in [6.45, 7) is 6.30. The first kappa shape index (κ1) is 17.8. The SMILES string of the molecule is C=C(C)CCCCCCOC(=O)/C=C/c1ccc(O)c(O)c1. The van der Waals surface area contributed by atoms with Crippen molar-refractivity contribution >= 4 is 12.0 Å². The molecule has 0 aliphatic rings. The lowest BCUT2D eigenvalue weighted by Crippen LogP contribution is -2.02. The molecule has 0 saturated carbocycles. The van der Waals surface area contributed by atoms with Gasteiger partial charge in [0.2, 0.25) is 0 Å². The lowest BCUT2D eigenvalue weighted by molar-refractivity contribution is -0.137. The van der Waals surface area contributed by atoms with Crippen LogP contribution >= 0.6 is 0 Å². The van der Waals surface area contributed by atoms with Crippen molar-refractivity contribution in [3.63, 3.8) is 0 Å². The lowest BCUT2D eigenvalue weighted by Gasteiger charge is -2.03. The highest BCUT2D eigenvalue weighted by molar-refractivity contribution is 5.87. The minimum atomic E-state index is -0.408. The number of carbonyl (C=O) groups is 1. The highest BCUT2D eigenvalue weighted by Crippen LogP contribution is 2.25. The summed E-state index contributed by atoms with van der Waals surface area (Å²) in [4.78, 5) is 11.5. The first-order chi connectivity index (χ1) is 10.5. The summed E-state index contributed by atoms with van der Waals surface area (Å²) in [6.07, 6.45) is 8.05. The molecule has 0 aromatic heterocycles. The molecular weight excluding hydrogens is 280 g/mol. The van der Waals surface area contributed by atoms with Gasteiger partial charge in [0, 0.05) is 6.08 Å². The Kier molecular flexibility index (Phi) is 7.83. The maximum Gasteiger partial charge on any atom is 0.330 e. The number of hydrogen-bond acceptors (Lipinski definition) is 4. The van der Waals surface area contributed by atoms with Crippen molar-refractivity contribution in [2.45, 2.75) is 39.0 Å². The second-order valence-electron chi connectivity index (χ2n) is 5.37. The smallest absolute Gasteiger partial charge is 0.330 e. The van der Waals surface area contributed by atoms with Gasteiger partial charge in [0.05, 0.1) is 6.61 Å². The lowest BCUT2D eigenvalue weighted by atomic mass is 10.1. The summed E-state index contributed by atoms with van der Waals surface area (Å²) in [5.74, 6) is -0.814. The van der Waals surface area contributed by atoms with Crippen LogP contribution in [0.4, 0.5) is 0 Å². The zero-order valence-corrected chi connectivity index (χ0v) is 13.0. The Hall–Kier alpha value is -2.23. The van der Waals surface area contributed by atoms with Gasteiger partial charge in [-0.3, -0.25) is 0 Å². The molecule has 0 spiro atoms. The van der Waals surface area contributed by atoms with Crippen LogP contribution in [0.15, 0.2) is 36.4 Å². The number of unbranched alkanes of at least 4 members (excludes halogenated alkanes) is 3. The second kappa shape index (κ2) is 9.66. The normalized spacial score (nSPS) is 10.8. The molecule has 1 rings (SSSR count). The predicted octanol–water partition coefficient (Wildman–Crippen LogP) is 4.18. The van der Waals surface area contributed by atoms with Crippen molar-refractivity contribution in [2.24, 2.45) is 0 Å². The Bertz CT molecular complexity index is 532. The Labute approximate surface area is 131 Å². The molecule has 4 nitrogen and oxygen atoms in total. The Morgan fingerprint density at radius 2 is 1.91 bits per heavy atom. The summed E-state index contributed by atoms with van der Waals surface area (Å²) in [5.41, 5.74) is 1.82. The van der Waals surface area contributed by atoms with Crippen LogP contribution in [0.5, 0.6) is 11.5 Å². The van der Waals surface area contributed by atoms with Crippen molar-refractivity contribution in [1.82, 2.24) is 0 Å². The molecule has 4 heteroatoms. The van der Waals surface area contributed by atoms with Gasteiger partial charge in [-0.1, -0.05) is 24.5 Å². The van der Waals surface area contributed by atoms with E-state index in [-0.39, 0.29) is 11.5 Å². The van der Waals surface area contributed by atoms with Crippen LogP contribution in [0.25, 0.3) is 6.08 Å². The van der Waals surface area contributed by atoms with Gasteiger partial charge in [0.15, 0.2) is 11.5 Å². The van der Waals surface area contributed by atoms with Gasteiger partial charge < -0.3 is 14.9 Å². The van der Waals surface area contributed by atoms with E-state index in [0.717, 1.165) is 32.1 Å². The minimum absolute atomic E-state index is 0.189.